The molecular formula is C32H68O4P-3. The molecule has 0 unspecified atom stereocenters. The van der Waals surface area contributed by atoms with Gasteiger partial charge in [0.15, 0.2) is 0 Å². The summed E-state index contributed by atoms with van der Waals surface area (Å²) in [4.78, 5) is 25.6. The molecule has 0 fully saturated rings. The van der Waals surface area contributed by atoms with Crippen LogP contribution in [0.25, 0.3) is 0 Å². The van der Waals surface area contributed by atoms with E-state index in [1.807, 2.05) is 0 Å². The molecule has 0 atom stereocenters. The molecule has 4 nitrogen and oxygen atoms in total. The monoisotopic (exact) mass is 547 g/mol. The van der Waals surface area contributed by atoms with Crippen LogP contribution in [0, 0.1) is 0 Å². The first-order valence-corrected chi connectivity index (χ1v) is 18.0. The fourth-order valence-corrected chi connectivity index (χ4v) is 4.54. The Morgan fingerprint density at radius 3 is 0.459 bits per heavy atom. The van der Waals surface area contributed by atoms with Crippen molar-refractivity contribution >= 4 is 7.82 Å². The van der Waals surface area contributed by atoms with Crippen LogP contribution < -0.4 is 14.7 Å². The van der Waals surface area contributed by atoms with Gasteiger partial charge < -0.3 is 19.2 Å². The SMILES string of the molecule is CCCCCCCCCCCCCCCC.CCCCCCCCCCCCCCCC.O=P([O-])([O-])[O-]. The number of hydrogen-bond donors (Lipinski definition) is 0. The summed E-state index contributed by atoms with van der Waals surface area (Å²) in [7, 11) is -5.39. The highest BCUT2D eigenvalue weighted by Gasteiger charge is 1.94. The Balaban J connectivity index is -0.000000528. The van der Waals surface area contributed by atoms with Gasteiger partial charge in [-0.05, 0) is 0 Å². The Kier molecular flexibility index (Phi) is 43.0. The molecule has 0 aliphatic carbocycles. The van der Waals surface area contributed by atoms with Crippen molar-refractivity contribution in [1.29, 1.82) is 0 Å². The third-order valence-electron chi connectivity index (χ3n) is 6.91. The van der Waals surface area contributed by atoms with E-state index in [2.05, 4.69) is 27.7 Å². The van der Waals surface area contributed by atoms with Crippen LogP contribution in [0.4, 0.5) is 0 Å². The summed E-state index contributed by atoms with van der Waals surface area (Å²) in [5, 5.41) is 0. The molecule has 0 aromatic carbocycles. The molecule has 0 rings (SSSR count). The second-order valence-electron chi connectivity index (χ2n) is 10.9. The lowest BCUT2D eigenvalue weighted by atomic mass is 10.0. The first kappa shape index (κ1) is 41.6. The fourth-order valence-electron chi connectivity index (χ4n) is 4.54. The smallest absolute Gasteiger partial charge is 0.0533 e. The van der Waals surface area contributed by atoms with Crippen LogP contribution in [-0.4, -0.2) is 0 Å². The van der Waals surface area contributed by atoms with E-state index in [1.54, 1.807) is 0 Å². The molecule has 37 heavy (non-hydrogen) atoms. The van der Waals surface area contributed by atoms with Crippen molar-refractivity contribution in [3.05, 3.63) is 0 Å². The molecule has 0 spiro atoms. The average Bonchev–Trinajstić information content (AvgIpc) is 2.85. The van der Waals surface area contributed by atoms with Gasteiger partial charge in [0.25, 0.3) is 0 Å². The lowest BCUT2D eigenvalue weighted by Gasteiger charge is -2.36. The van der Waals surface area contributed by atoms with E-state index in [0.29, 0.717) is 0 Å². The van der Waals surface area contributed by atoms with Crippen molar-refractivity contribution in [1.82, 2.24) is 0 Å². The average molecular weight is 548 g/mol. The number of rotatable bonds is 26. The van der Waals surface area contributed by atoms with Crippen molar-refractivity contribution in [3.8, 4) is 0 Å². The zero-order valence-electron chi connectivity index (χ0n) is 25.9. The maximum Gasteiger partial charge on any atom is -0.0533 e. The zero-order valence-corrected chi connectivity index (χ0v) is 26.8. The number of hydrogen-bond acceptors (Lipinski definition) is 4. The second kappa shape index (κ2) is 38.3. The second-order valence-corrected chi connectivity index (χ2v) is 11.8. The molecule has 0 saturated heterocycles. The highest BCUT2D eigenvalue weighted by Crippen LogP contribution is 2.14. The topological polar surface area (TPSA) is 86.2 Å². The summed E-state index contributed by atoms with van der Waals surface area (Å²) >= 11 is 0. The van der Waals surface area contributed by atoms with Crippen LogP contribution in [0.3, 0.4) is 0 Å². The maximum atomic E-state index is 8.55. The summed E-state index contributed by atoms with van der Waals surface area (Å²) in [5.74, 6) is 0. The Morgan fingerprint density at radius 2 is 0.378 bits per heavy atom. The van der Waals surface area contributed by atoms with Gasteiger partial charge in [0, 0.05) is 0 Å². The first-order valence-electron chi connectivity index (χ1n) is 16.6. The molecule has 0 aliphatic rings. The minimum atomic E-state index is -5.39. The van der Waals surface area contributed by atoms with Crippen molar-refractivity contribution in [2.75, 3.05) is 0 Å². The van der Waals surface area contributed by atoms with Crippen LogP contribution >= 0.6 is 7.82 Å². The number of unbranched alkanes of at least 4 members (excludes halogenated alkanes) is 26. The van der Waals surface area contributed by atoms with Crippen LogP contribution in [-0.2, 0) is 4.57 Å². The summed E-state index contributed by atoms with van der Waals surface area (Å²) in [6.45, 7) is 9.16. The Morgan fingerprint density at radius 1 is 0.297 bits per heavy atom. The molecule has 0 radical (unpaired) electrons. The zero-order chi connectivity index (χ0) is 28.3. The van der Waals surface area contributed by atoms with Crippen molar-refractivity contribution < 1.29 is 19.2 Å². The molecule has 0 bridgehead atoms. The quantitative estimate of drug-likeness (QED) is 0.0796. The molecule has 228 valence electrons. The van der Waals surface area contributed by atoms with E-state index >= 15 is 0 Å². The normalized spacial score (nSPS) is 11.0. The van der Waals surface area contributed by atoms with Crippen LogP contribution in [0.1, 0.15) is 207 Å². The van der Waals surface area contributed by atoms with Gasteiger partial charge in [-0.2, -0.15) is 7.82 Å². The summed E-state index contributed by atoms with van der Waals surface area (Å²) in [5.41, 5.74) is 0. The molecule has 0 heterocycles. The lowest BCUT2D eigenvalue weighted by molar-refractivity contribution is -0.432. The fraction of sp³-hybridized carbons (Fsp3) is 1.00. The molecule has 0 saturated carbocycles. The predicted molar refractivity (Wildman–Crippen MR) is 160 cm³/mol. The first-order chi connectivity index (χ1) is 17.8. The summed E-state index contributed by atoms with van der Waals surface area (Å²) in [6.07, 6.45) is 40.8. The van der Waals surface area contributed by atoms with Gasteiger partial charge in [0.1, 0.15) is 0 Å². The predicted octanol–water partition coefficient (Wildman–Crippen LogP) is 10.2. The Hall–Kier alpha value is 0.110. The van der Waals surface area contributed by atoms with Crippen LogP contribution in [0.5, 0.6) is 0 Å². The largest absolute Gasteiger partial charge is 0.822 e. The standard InChI is InChI=1S/2C16H34.H3O4P/c2*1-3-5-7-9-11-13-15-16-14-12-10-8-6-4-2;1-5(2,3)4/h2*3-16H2,1-2H3;(H3,1,2,3,4)/p-3. The molecule has 0 N–H and O–H groups in total. The third-order valence-corrected chi connectivity index (χ3v) is 6.91. The van der Waals surface area contributed by atoms with Gasteiger partial charge in [-0.25, -0.2) is 0 Å². The van der Waals surface area contributed by atoms with E-state index in [0.717, 1.165) is 0 Å². The van der Waals surface area contributed by atoms with Crippen molar-refractivity contribution in [2.45, 2.75) is 207 Å². The van der Waals surface area contributed by atoms with Crippen molar-refractivity contribution in [3.63, 3.8) is 0 Å². The van der Waals surface area contributed by atoms with Gasteiger partial charge >= 0.3 is 0 Å². The molecule has 0 aromatic rings. The number of phosphoric acid groups is 1. The van der Waals surface area contributed by atoms with Crippen LogP contribution in [0.2, 0.25) is 0 Å². The van der Waals surface area contributed by atoms with Crippen molar-refractivity contribution in [2.24, 2.45) is 0 Å². The lowest BCUT2D eigenvalue weighted by Crippen LogP contribution is -2.24. The molecule has 5 heteroatoms. The highest BCUT2D eigenvalue weighted by atomic mass is 31.2. The molecule has 0 aliphatic heterocycles. The molecule has 0 amide bonds. The highest BCUT2D eigenvalue weighted by molar-refractivity contribution is 7.40. The van der Waals surface area contributed by atoms with Crippen LogP contribution in [0.15, 0.2) is 0 Å². The van der Waals surface area contributed by atoms with Gasteiger partial charge in [-0.3, -0.25) is 0 Å². The molecule has 0 aromatic heterocycles. The van der Waals surface area contributed by atoms with E-state index in [1.165, 1.54) is 180 Å². The van der Waals surface area contributed by atoms with Gasteiger partial charge in [-0.15, -0.1) is 0 Å². The van der Waals surface area contributed by atoms with E-state index in [4.69, 9.17) is 19.2 Å². The third kappa shape index (κ3) is 61.6. The Labute approximate surface area is 234 Å². The van der Waals surface area contributed by atoms with E-state index in [9.17, 15) is 0 Å². The van der Waals surface area contributed by atoms with Gasteiger partial charge in [0.05, 0.1) is 0 Å². The minimum absolute atomic E-state index is 1.37. The minimum Gasteiger partial charge on any atom is -0.822 e. The molecular weight excluding hydrogens is 479 g/mol. The van der Waals surface area contributed by atoms with E-state index in [-0.39, 0.29) is 0 Å². The van der Waals surface area contributed by atoms with E-state index < -0.39 is 7.82 Å². The summed E-state index contributed by atoms with van der Waals surface area (Å²) < 4.78 is 8.55. The van der Waals surface area contributed by atoms with Gasteiger partial charge in [-0.1, -0.05) is 207 Å². The van der Waals surface area contributed by atoms with Gasteiger partial charge in [0.2, 0.25) is 0 Å². The summed E-state index contributed by atoms with van der Waals surface area (Å²) in [6, 6.07) is 0. The Bertz CT molecular complexity index is 347. The maximum absolute atomic E-state index is 8.55.